The molecule has 0 heterocycles. The molecule has 0 aromatic heterocycles. The SMILES string of the molecule is CCCCCNC(=O)C(c1ccc(O)cc1)N(C(=O)C(C)NC(=O)OC(C)(C)C)C(C)(C)CC. The van der Waals surface area contributed by atoms with E-state index in [4.69, 9.17) is 4.74 Å². The predicted octanol–water partition coefficient (Wildman–Crippen LogP) is 4.67. The number of phenols is 1. The van der Waals surface area contributed by atoms with Gasteiger partial charge in [-0.05, 0) is 72.1 Å². The third-order valence-electron chi connectivity index (χ3n) is 5.65. The van der Waals surface area contributed by atoms with Gasteiger partial charge in [0.15, 0.2) is 0 Å². The number of unbranched alkanes of at least 4 members (excludes halogenated alkanes) is 2. The number of phenolic OH excluding ortho intramolecular Hbond substituents is 1. The van der Waals surface area contributed by atoms with Gasteiger partial charge in [0.2, 0.25) is 11.8 Å². The van der Waals surface area contributed by atoms with Crippen LogP contribution in [-0.4, -0.2) is 51.6 Å². The van der Waals surface area contributed by atoms with E-state index < -0.39 is 35.2 Å². The second-order valence-electron chi connectivity index (χ2n) is 10.2. The lowest BCUT2D eigenvalue weighted by Crippen LogP contribution is -2.58. The minimum atomic E-state index is -0.937. The van der Waals surface area contributed by atoms with Crippen molar-refractivity contribution in [1.82, 2.24) is 15.5 Å². The van der Waals surface area contributed by atoms with Gasteiger partial charge < -0.3 is 25.4 Å². The van der Waals surface area contributed by atoms with Crippen LogP contribution in [0.15, 0.2) is 24.3 Å². The summed E-state index contributed by atoms with van der Waals surface area (Å²) < 4.78 is 5.30. The highest BCUT2D eigenvalue weighted by Gasteiger charge is 2.42. The van der Waals surface area contributed by atoms with Crippen LogP contribution in [0.25, 0.3) is 0 Å². The Balaban J connectivity index is 3.36. The van der Waals surface area contributed by atoms with E-state index in [2.05, 4.69) is 17.6 Å². The first kappa shape index (κ1) is 29.3. The summed E-state index contributed by atoms with van der Waals surface area (Å²) in [5.74, 6) is -0.640. The van der Waals surface area contributed by atoms with Crippen molar-refractivity contribution < 1.29 is 24.2 Å². The molecular formula is C26H43N3O5. The van der Waals surface area contributed by atoms with Gasteiger partial charge in [0.25, 0.3) is 0 Å². The van der Waals surface area contributed by atoms with Gasteiger partial charge in [-0.1, -0.05) is 38.8 Å². The molecule has 0 radical (unpaired) electrons. The maximum absolute atomic E-state index is 13.7. The van der Waals surface area contributed by atoms with Crippen LogP contribution in [0.4, 0.5) is 4.79 Å². The number of carbonyl (C=O) groups is 3. The van der Waals surface area contributed by atoms with Crippen LogP contribution in [0.2, 0.25) is 0 Å². The number of aromatic hydroxyl groups is 1. The zero-order valence-corrected chi connectivity index (χ0v) is 22.0. The van der Waals surface area contributed by atoms with Crippen molar-refractivity contribution in [2.24, 2.45) is 0 Å². The molecule has 1 aromatic carbocycles. The van der Waals surface area contributed by atoms with Crippen molar-refractivity contribution >= 4 is 17.9 Å². The smallest absolute Gasteiger partial charge is 0.408 e. The second kappa shape index (κ2) is 12.6. The zero-order valence-electron chi connectivity index (χ0n) is 22.0. The summed E-state index contributed by atoms with van der Waals surface area (Å²) in [6, 6.07) is 4.42. The molecule has 8 nitrogen and oxygen atoms in total. The lowest BCUT2D eigenvalue weighted by Gasteiger charge is -2.44. The van der Waals surface area contributed by atoms with Crippen molar-refractivity contribution in [2.45, 2.75) is 104 Å². The normalized spacial score (nSPS) is 13.5. The summed E-state index contributed by atoms with van der Waals surface area (Å²) >= 11 is 0. The van der Waals surface area contributed by atoms with Crippen molar-refractivity contribution in [3.8, 4) is 5.75 Å². The molecule has 2 unspecified atom stereocenters. The summed E-state index contributed by atoms with van der Waals surface area (Å²) in [6.07, 6.45) is 2.73. The molecule has 0 fully saturated rings. The Hall–Kier alpha value is -2.77. The van der Waals surface area contributed by atoms with Crippen LogP contribution in [0, 0.1) is 0 Å². The average Bonchev–Trinajstić information content (AvgIpc) is 2.73. The fourth-order valence-electron chi connectivity index (χ4n) is 3.46. The minimum Gasteiger partial charge on any atom is -0.508 e. The minimum absolute atomic E-state index is 0.0680. The van der Waals surface area contributed by atoms with Gasteiger partial charge in [-0.2, -0.15) is 0 Å². The lowest BCUT2D eigenvalue weighted by molar-refractivity contribution is -0.149. The predicted molar refractivity (Wildman–Crippen MR) is 133 cm³/mol. The van der Waals surface area contributed by atoms with Crippen LogP contribution in [0.3, 0.4) is 0 Å². The van der Waals surface area contributed by atoms with E-state index in [9.17, 15) is 19.5 Å². The molecule has 1 rings (SSSR count). The Morgan fingerprint density at radius 3 is 2.12 bits per heavy atom. The number of alkyl carbamates (subject to hydrolysis) is 1. The highest BCUT2D eigenvalue weighted by Crippen LogP contribution is 2.32. The number of amides is 3. The number of rotatable bonds is 11. The Bertz CT molecular complexity index is 815. The first-order valence-corrected chi connectivity index (χ1v) is 12.1. The maximum atomic E-state index is 13.7. The van der Waals surface area contributed by atoms with Gasteiger partial charge >= 0.3 is 6.09 Å². The van der Waals surface area contributed by atoms with E-state index in [0.717, 1.165) is 19.3 Å². The number of hydrogen-bond acceptors (Lipinski definition) is 5. The highest BCUT2D eigenvalue weighted by molar-refractivity contribution is 5.92. The molecular weight excluding hydrogens is 434 g/mol. The molecule has 0 aliphatic rings. The molecule has 3 N–H and O–H groups in total. The third kappa shape index (κ3) is 8.88. The van der Waals surface area contributed by atoms with E-state index in [1.54, 1.807) is 39.8 Å². The van der Waals surface area contributed by atoms with Gasteiger partial charge in [-0.3, -0.25) is 9.59 Å². The van der Waals surface area contributed by atoms with E-state index in [1.807, 2.05) is 20.8 Å². The van der Waals surface area contributed by atoms with E-state index in [-0.39, 0.29) is 11.7 Å². The summed E-state index contributed by atoms with van der Waals surface area (Å²) in [5.41, 5.74) is -0.836. The van der Waals surface area contributed by atoms with Gasteiger partial charge in [-0.25, -0.2) is 4.79 Å². The molecule has 8 heteroatoms. The monoisotopic (exact) mass is 477 g/mol. The summed E-state index contributed by atoms with van der Waals surface area (Å²) in [4.78, 5) is 41.0. The molecule has 2 atom stereocenters. The number of carbonyl (C=O) groups excluding carboxylic acids is 3. The lowest BCUT2D eigenvalue weighted by atomic mass is 9.92. The van der Waals surface area contributed by atoms with E-state index in [0.29, 0.717) is 18.5 Å². The van der Waals surface area contributed by atoms with E-state index >= 15 is 0 Å². The van der Waals surface area contributed by atoms with Crippen LogP contribution >= 0.6 is 0 Å². The summed E-state index contributed by atoms with van der Waals surface area (Å²) in [7, 11) is 0. The topological polar surface area (TPSA) is 108 Å². The maximum Gasteiger partial charge on any atom is 0.408 e. The largest absolute Gasteiger partial charge is 0.508 e. The van der Waals surface area contributed by atoms with E-state index in [1.165, 1.54) is 17.0 Å². The van der Waals surface area contributed by atoms with Crippen molar-refractivity contribution in [2.75, 3.05) is 6.54 Å². The van der Waals surface area contributed by atoms with Gasteiger partial charge in [0, 0.05) is 12.1 Å². The Labute approximate surface area is 204 Å². The Morgan fingerprint density at radius 2 is 1.62 bits per heavy atom. The fourth-order valence-corrected chi connectivity index (χ4v) is 3.46. The first-order valence-electron chi connectivity index (χ1n) is 12.1. The summed E-state index contributed by atoms with van der Waals surface area (Å²) in [5, 5.41) is 15.3. The molecule has 0 aliphatic heterocycles. The molecule has 34 heavy (non-hydrogen) atoms. The van der Waals surface area contributed by atoms with Crippen LogP contribution in [-0.2, 0) is 14.3 Å². The number of ether oxygens (including phenoxy) is 1. The van der Waals surface area contributed by atoms with Crippen molar-refractivity contribution in [1.29, 1.82) is 0 Å². The molecule has 0 aliphatic carbocycles. The number of benzene rings is 1. The third-order valence-corrected chi connectivity index (χ3v) is 5.65. The standard InChI is InChI=1S/C26H43N3O5/c1-9-11-12-17-27-22(31)21(19-13-15-20(30)16-14-19)29(26(7,8)10-2)23(32)18(3)28-24(33)34-25(4,5)6/h13-16,18,21,30H,9-12,17H2,1-8H3,(H,27,31)(H,28,33). The molecule has 3 amide bonds. The quantitative estimate of drug-likeness (QED) is 0.401. The number of nitrogens with zero attached hydrogens (tertiary/aromatic N) is 1. The first-order chi connectivity index (χ1) is 15.7. The van der Waals surface area contributed by atoms with Crippen LogP contribution < -0.4 is 10.6 Å². The number of hydrogen-bond donors (Lipinski definition) is 3. The second-order valence-corrected chi connectivity index (χ2v) is 10.2. The van der Waals surface area contributed by atoms with Gasteiger partial charge in [-0.15, -0.1) is 0 Å². The molecule has 0 saturated heterocycles. The Kier molecular flexibility index (Phi) is 10.9. The van der Waals surface area contributed by atoms with Crippen molar-refractivity contribution in [3.05, 3.63) is 29.8 Å². The van der Waals surface area contributed by atoms with Gasteiger partial charge in [0.1, 0.15) is 23.4 Å². The molecule has 0 saturated carbocycles. The molecule has 0 bridgehead atoms. The molecule has 0 spiro atoms. The van der Waals surface area contributed by atoms with Crippen molar-refractivity contribution in [3.63, 3.8) is 0 Å². The molecule has 192 valence electrons. The average molecular weight is 478 g/mol. The Morgan fingerprint density at radius 1 is 1.03 bits per heavy atom. The zero-order chi connectivity index (χ0) is 26.1. The fraction of sp³-hybridized carbons (Fsp3) is 0.654. The molecule has 1 aromatic rings. The highest BCUT2D eigenvalue weighted by atomic mass is 16.6. The number of nitrogens with one attached hydrogen (secondary N) is 2. The van der Waals surface area contributed by atoms with Crippen LogP contribution in [0.5, 0.6) is 5.75 Å². The van der Waals surface area contributed by atoms with Crippen LogP contribution in [0.1, 0.15) is 92.7 Å². The summed E-state index contributed by atoms with van der Waals surface area (Å²) in [6.45, 7) is 15.1. The van der Waals surface area contributed by atoms with Gasteiger partial charge in [0.05, 0.1) is 0 Å².